The van der Waals surface area contributed by atoms with Gasteiger partial charge in [0.2, 0.25) is 11.8 Å². The van der Waals surface area contributed by atoms with E-state index in [1.165, 1.54) is 29.2 Å². The van der Waals surface area contributed by atoms with E-state index in [2.05, 4.69) is 26.1 Å². The SMILES string of the molecule is COc1ccc2c(O[C@@H]3C[C@@H](C(=O)N[C@]45C[C@H]4C=CCCCCCNc4ccccc4S(=O)(=O)NC5=O)N(C(=O)N(NC(C)=O)C(C)C)C3)cc(-c3csc(NC(C)C)n3)nc2c1. The number of anilines is 2. The number of aromatic nitrogens is 2. The Morgan fingerprint density at radius 3 is 2.57 bits per heavy atom. The highest BCUT2D eigenvalue weighted by molar-refractivity contribution is 7.90. The number of carbonyl (C=O) groups excluding carboxylic acids is 4. The first-order valence-corrected chi connectivity index (χ1v) is 23.6. The van der Waals surface area contributed by atoms with Crippen molar-refractivity contribution in [2.45, 2.75) is 108 Å². The molecular weight excluding hydrogens is 847 g/mol. The Hall–Kier alpha value is -5.95. The lowest BCUT2D eigenvalue weighted by molar-refractivity contribution is -0.131. The number of nitrogens with zero attached hydrogens (tertiary/aromatic N) is 4. The summed E-state index contributed by atoms with van der Waals surface area (Å²) in [5.41, 5.74) is 3.04. The van der Waals surface area contributed by atoms with Crippen LogP contribution in [-0.4, -0.2) is 102 Å². The number of methoxy groups -OCH3 is 1. The van der Waals surface area contributed by atoms with Gasteiger partial charge < -0.3 is 30.3 Å². The number of fused-ring (bicyclic) bond motifs is 3. The molecule has 19 heteroatoms. The number of ether oxygens (including phenoxy) is 2. The molecule has 0 unspecified atom stereocenters. The predicted octanol–water partition coefficient (Wildman–Crippen LogP) is 5.81. The first-order valence-electron chi connectivity index (χ1n) is 21.2. The summed E-state index contributed by atoms with van der Waals surface area (Å²) in [6.45, 7) is 9.26. The summed E-state index contributed by atoms with van der Waals surface area (Å²) < 4.78 is 42.2. The molecule has 1 saturated carbocycles. The second-order valence-electron chi connectivity index (χ2n) is 16.7. The van der Waals surface area contributed by atoms with E-state index in [9.17, 15) is 27.6 Å². The fraction of sp³-hybridized carbons (Fsp3) is 0.455. The first kappa shape index (κ1) is 45.1. The van der Waals surface area contributed by atoms with Crippen molar-refractivity contribution in [1.82, 2.24) is 35.3 Å². The van der Waals surface area contributed by atoms with Crippen LogP contribution in [0, 0.1) is 5.92 Å². The van der Waals surface area contributed by atoms with E-state index in [0.717, 1.165) is 35.8 Å². The Balaban J connectivity index is 1.22. The molecule has 63 heavy (non-hydrogen) atoms. The maximum Gasteiger partial charge on any atom is 0.339 e. The minimum atomic E-state index is -4.39. The molecule has 336 valence electrons. The number of hydrazine groups is 1. The number of likely N-dealkylation sites (tertiary alicyclic amines) is 1. The zero-order valence-electron chi connectivity index (χ0n) is 36.3. The highest BCUT2D eigenvalue weighted by Gasteiger charge is 2.62. The molecule has 2 aliphatic heterocycles. The number of carbonyl (C=O) groups is 4. The van der Waals surface area contributed by atoms with Crippen LogP contribution in [-0.2, 0) is 24.4 Å². The monoisotopic (exact) mass is 901 g/mol. The van der Waals surface area contributed by atoms with E-state index in [1.54, 1.807) is 57.4 Å². The smallest absolute Gasteiger partial charge is 0.339 e. The second kappa shape index (κ2) is 18.8. The fourth-order valence-electron chi connectivity index (χ4n) is 7.91. The van der Waals surface area contributed by atoms with E-state index in [-0.39, 0.29) is 30.3 Å². The third kappa shape index (κ3) is 10.1. The van der Waals surface area contributed by atoms with Gasteiger partial charge in [-0.1, -0.05) is 30.7 Å². The molecule has 1 saturated heterocycles. The molecule has 4 atom stereocenters. The Morgan fingerprint density at radius 2 is 1.83 bits per heavy atom. The lowest BCUT2D eigenvalue weighted by Gasteiger charge is -2.33. The zero-order valence-corrected chi connectivity index (χ0v) is 37.9. The topological polar surface area (TPSA) is 213 Å². The van der Waals surface area contributed by atoms with Gasteiger partial charge in [-0.05, 0) is 77.6 Å². The van der Waals surface area contributed by atoms with Crippen molar-refractivity contribution in [3.8, 4) is 22.9 Å². The van der Waals surface area contributed by atoms with Crippen LogP contribution in [0.15, 0.2) is 71.0 Å². The van der Waals surface area contributed by atoms with Crippen LogP contribution in [0.25, 0.3) is 22.3 Å². The van der Waals surface area contributed by atoms with Crippen molar-refractivity contribution in [3.63, 3.8) is 0 Å². The van der Waals surface area contributed by atoms with E-state index in [4.69, 9.17) is 19.4 Å². The number of thiazole rings is 1. The first-order chi connectivity index (χ1) is 30.1. The van der Waals surface area contributed by atoms with Gasteiger partial charge in [0.1, 0.15) is 39.8 Å². The minimum Gasteiger partial charge on any atom is -0.497 e. The summed E-state index contributed by atoms with van der Waals surface area (Å²) in [7, 11) is -2.82. The molecule has 0 bridgehead atoms. The third-order valence-electron chi connectivity index (χ3n) is 11.2. The largest absolute Gasteiger partial charge is 0.497 e. The fourth-order valence-corrected chi connectivity index (χ4v) is 9.99. The van der Waals surface area contributed by atoms with Gasteiger partial charge in [0.15, 0.2) is 5.13 Å². The number of hydrogen-bond acceptors (Lipinski definition) is 13. The average Bonchev–Trinajstić information content (AvgIpc) is 3.50. The normalized spacial score (nSPS) is 22.1. The third-order valence-corrected chi connectivity index (χ3v) is 13.3. The number of allylic oxidation sites excluding steroid dienone is 1. The standard InChI is InChI=1S/C44H55N9O8S2/c1-26(2)46-42-48-36(25-62-42)35-22-38(32-18-17-30(60-6)20-34(32)47-35)61-31-21-37(52(24-31)43(57)53(27(3)4)50-28(5)54)40(55)49-44-23-29(44)14-10-8-7-9-13-19-45-33-15-11-12-16-39(33)63(58,59)51-41(44)56/h10-12,14-18,20,22,25-27,29,31,37,45H,7-9,13,19,21,23-24H2,1-6H3,(H,46,48)(H,49,55)(H,50,54)(H,51,56)/t29-,31-,37+,44-/m1/s1. The molecule has 2 aromatic heterocycles. The number of amides is 5. The number of pyridine rings is 1. The van der Waals surface area contributed by atoms with Crippen LogP contribution in [0.5, 0.6) is 11.5 Å². The van der Waals surface area contributed by atoms with E-state index in [1.807, 2.05) is 37.4 Å². The van der Waals surface area contributed by atoms with Crippen LogP contribution in [0.3, 0.4) is 0 Å². The zero-order chi connectivity index (χ0) is 45.1. The average molecular weight is 902 g/mol. The molecular formula is C44H55N9O8S2. The van der Waals surface area contributed by atoms with Crippen molar-refractivity contribution < 1.29 is 37.1 Å². The Morgan fingerprint density at radius 1 is 1.03 bits per heavy atom. The molecule has 2 fully saturated rings. The summed E-state index contributed by atoms with van der Waals surface area (Å²) >= 11 is 1.44. The maximum absolute atomic E-state index is 14.7. The Kier molecular flexibility index (Phi) is 13.5. The van der Waals surface area contributed by atoms with Crippen molar-refractivity contribution in [1.29, 1.82) is 0 Å². The van der Waals surface area contributed by atoms with Crippen LogP contribution >= 0.6 is 11.3 Å². The lowest BCUT2D eigenvalue weighted by atomic mass is 10.1. The van der Waals surface area contributed by atoms with Gasteiger partial charge in [-0.3, -0.25) is 19.8 Å². The van der Waals surface area contributed by atoms with E-state index < -0.39 is 63.4 Å². The van der Waals surface area contributed by atoms with Gasteiger partial charge in [-0.25, -0.2) is 32.9 Å². The molecule has 0 spiro atoms. The van der Waals surface area contributed by atoms with Gasteiger partial charge in [0, 0.05) is 60.8 Å². The van der Waals surface area contributed by atoms with Crippen LogP contribution < -0.4 is 35.6 Å². The second-order valence-corrected chi connectivity index (χ2v) is 19.2. The molecule has 17 nitrogen and oxygen atoms in total. The van der Waals surface area contributed by atoms with Crippen molar-refractivity contribution in [2.24, 2.45) is 5.92 Å². The molecule has 4 heterocycles. The Labute approximate surface area is 371 Å². The highest BCUT2D eigenvalue weighted by Crippen LogP contribution is 2.46. The molecule has 4 aromatic rings. The van der Waals surface area contributed by atoms with E-state index >= 15 is 0 Å². The van der Waals surface area contributed by atoms with Crippen molar-refractivity contribution in [2.75, 3.05) is 30.8 Å². The molecule has 2 aromatic carbocycles. The number of hydrogen-bond donors (Lipinski definition) is 5. The summed E-state index contributed by atoms with van der Waals surface area (Å²) in [6.07, 6.45) is 6.55. The molecule has 7 rings (SSSR count). The number of nitrogens with one attached hydrogen (secondary N) is 5. The molecule has 0 radical (unpaired) electrons. The van der Waals surface area contributed by atoms with Crippen molar-refractivity contribution in [3.05, 3.63) is 66.1 Å². The number of sulfonamides is 1. The van der Waals surface area contributed by atoms with Crippen LogP contribution in [0.4, 0.5) is 15.6 Å². The maximum atomic E-state index is 14.7. The summed E-state index contributed by atoms with van der Waals surface area (Å²) in [4.78, 5) is 66.6. The van der Waals surface area contributed by atoms with Gasteiger partial charge in [-0.2, -0.15) is 0 Å². The number of rotatable bonds is 9. The van der Waals surface area contributed by atoms with E-state index in [0.29, 0.717) is 46.0 Å². The predicted molar refractivity (Wildman–Crippen MR) is 241 cm³/mol. The Bertz CT molecular complexity index is 2510. The molecule has 5 amide bonds. The number of para-hydroxylation sites is 1. The lowest BCUT2D eigenvalue weighted by Crippen LogP contribution is -2.60. The van der Waals surface area contributed by atoms with Gasteiger partial charge >= 0.3 is 6.03 Å². The summed E-state index contributed by atoms with van der Waals surface area (Å²) in [5.74, 6) is -1.56. The summed E-state index contributed by atoms with van der Waals surface area (Å²) in [5, 5.41) is 13.8. The van der Waals surface area contributed by atoms with Gasteiger partial charge in [0.05, 0.1) is 30.6 Å². The number of benzene rings is 2. The summed E-state index contributed by atoms with van der Waals surface area (Å²) in [6, 6.07) is 11.3. The minimum absolute atomic E-state index is 0.00636. The van der Waals surface area contributed by atoms with Crippen LogP contribution in [0.2, 0.25) is 0 Å². The molecule has 3 aliphatic rings. The highest BCUT2D eigenvalue weighted by atomic mass is 32.2. The van der Waals surface area contributed by atoms with Crippen LogP contribution in [0.1, 0.15) is 73.1 Å². The van der Waals surface area contributed by atoms with Crippen molar-refractivity contribution >= 4 is 66.8 Å². The van der Waals surface area contributed by atoms with Gasteiger partial charge in [0.25, 0.3) is 15.9 Å². The molecule has 5 N–H and O–H groups in total. The van der Waals surface area contributed by atoms with Gasteiger partial charge in [-0.15, -0.1) is 11.3 Å². The number of urea groups is 1. The molecule has 1 aliphatic carbocycles. The quantitative estimate of drug-likeness (QED) is 0.0995.